The van der Waals surface area contributed by atoms with Gasteiger partial charge in [0.05, 0.1) is 0 Å². The highest BCUT2D eigenvalue weighted by atomic mass is 16.5. The van der Waals surface area contributed by atoms with E-state index in [-0.39, 0.29) is 5.91 Å². The van der Waals surface area contributed by atoms with Gasteiger partial charge in [-0.15, -0.1) is 0 Å². The number of carbonyl (C=O) groups is 1. The second-order valence-corrected chi connectivity index (χ2v) is 7.28. The van der Waals surface area contributed by atoms with Crippen molar-refractivity contribution in [3.05, 3.63) is 42.5 Å². The third-order valence-corrected chi connectivity index (χ3v) is 5.75. The van der Waals surface area contributed by atoms with E-state index < -0.39 is 6.10 Å². The summed E-state index contributed by atoms with van der Waals surface area (Å²) in [5.41, 5.74) is 0. The molecule has 0 saturated heterocycles. The second-order valence-electron chi connectivity index (χ2n) is 7.28. The highest BCUT2D eigenvalue weighted by molar-refractivity contribution is 5.89. The molecule has 0 aromatic heterocycles. The zero-order valence-corrected chi connectivity index (χ0v) is 14.2. The molecule has 1 amide bonds. The normalized spacial score (nSPS) is 26.5. The van der Waals surface area contributed by atoms with E-state index in [0.29, 0.717) is 18.4 Å². The Kier molecular flexibility index (Phi) is 4.17. The highest BCUT2D eigenvalue weighted by Gasteiger charge is 2.40. The zero-order chi connectivity index (χ0) is 16.5. The average Bonchev–Trinajstić information content (AvgIpc) is 3.22. The van der Waals surface area contributed by atoms with Crippen LogP contribution in [0.25, 0.3) is 10.8 Å². The van der Waals surface area contributed by atoms with E-state index in [9.17, 15) is 4.79 Å². The molecule has 3 heteroatoms. The van der Waals surface area contributed by atoms with Gasteiger partial charge in [-0.2, -0.15) is 0 Å². The van der Waals surface area contributed by atoms with Gasteiger partial charge in [0, 0.05) is 11.4 Å². The number of hydrogen-bond acceptors (Lipinski definition) is 2. The van der Waals surface area contributed by atoms with Crippen LogP contribution in [0, 0.1) is 11.8 Å². The summed E-state index contributed by atoms with van der Waals surface area (Å²) in [6.45, 7) is 2.01. The summed E-state index contributed by atoms with van der Waals surface area (Å²) in [6, 6.07) is 14.5. The van der Waals surface area contributed by atoms with Crippen molar-refractivity contribution in [3.63, 3.8) is 0 Å². The lowest BCUT2D eigenvalue weighted by Gasteiger charge is -2.26. The molecular weight excluding hydrogens is 298 g/mol. The molecule has 24 heavy (non-hydrogen) atoms. The Bertz CT molecular complexity index is 736. The van der Waals surface area contributed by atoms with Crippen molar-refractivity contribution in [2.45, 2.75) is 51.2 Å². The Labute approximate surface area is 143 Å². The fourth-order valence-corrected chi connectivity index (χ4v) is 4.47. The lowest BCUT2D eigenvalue weighted by Crippen LogP contribution is -2.45. The van der Waals surface area contributed by atoms with E-state index in [1.54, 1.807) is 0 Å². The first kappa shape index (κ1) is 15.5. The molecular formula is C21H25NO2. The molecule has 0 radical (unpaired) electrons. The second kappa shape index (κ2) is 6.46. The first-order chi connectivity index (χ1) is 11.7. The Morgan fingerprint density at radius 1 is 1.17 bits per heavy atom. The molecule has 2 fully saturated rings. The molecule has 0 spiro atoms. The minimum Gasteiger partial charge on any atom is -0.480 e. The Hall–Kier alpha value is -2.03. The lowest BCUT2D eigenvalue weighted by molar-refractivity contribution is -0.129. The summed E-state index contributed by atoms with van der Waals surface area (Å²) in [6.07, 6.45) is 5.33. The topological polar surface area (TPSA) is 38.3 Å². The van der Waals surface area contributed by atoms with Crippen LogP contribution in [0.15, 0.2) is 42.5 Å². The standard InChI is InChI=1S/C21H25NO2/c1-2-19(21(23)22-18-13-14-10-11-16(18)12-14)24-20-9-5-7-15-6-3-4-8-17(15)20/h3-9,14,16,18-19H,2,10-13H2,1H3,(H,22,23)/t14-,16-,18+,19+/m1/s1. The number of benzene rings is 2. The minimum atomic E-state index is -0.421. The van der Waals surface area contributed by atoms with Crippen molar-refractivity contribution >= 4 is 16.7 Å². The van der Waals surface area contributed by atoms with Crippen molar-refractivity contribution < 1.29 is 9.53 Å². The molecule has 2 aromatic carbocycles. The van der Waals surface area contributed by atoms with E-state index in [1.807, 2.05) is 37.3 Å². The third kappa shape index (κ3) is 2.88. The van der Waals surface area contributed by atoms with Gasteiger partial charge in [-0.05, 0) is 49.0 Å². The molecule has 126 valence electrons. The molecule has 4 atom stereocenters. The minimum absolute atomic E-state index is 0.0444. The van der Waals surface area contributed by atoms with Gasteiger partial charge in [0.25, 0.3) is 5.91 Å². The molecule has 0 heterocycles. The first-order valence-electron chi connectivity index (χ1n) is 9.19. The molecule has 2 saturated carbocycles. The van der Waals surface area contributed by atoms with Crippen LogP contribution in [0.3, 0.4) is 0 Å². The van der Waals surface area contributed by atoms with Gasteiger partial charge >= 0.3 is 0 Å². The maximum absolute atomic E-state index is 12.7. The Morgan fingerprint density at radius 2 is 2.00 bits per heavy atom. The summed E-state index contributed by atoms with van der Waals surface area (Å²) in [5.74, 6) is 2.36. The van der Waals surface area contributed by atoms with E-state index in [4.69, 9.17) is 4.74 Å². The fraction of sp³-hybridized carbons (Fsp3) is 0.476. The van der Waals surface area contributed by atoms with Gasteiger partial charge in [0.1, 0.15) is 5.75 Å². The van der Waals surface area contributed by atoms with Crippen molar-refractivity contribution in [3.8, 4) is 5.75 Å². The van der Waals surface area contributed by atoms with Crippen molar-refractivity contribution in [2.75, 3.05) is 0 Å². The van der Waals surface area contributed by atoms with Gasteiger partial charge in [-0.3, -0.25) is 4.79 Å². The van der Waals surface area contributed by atoms with Gasteiger partial charge in [0.15, 0.2) is 6.10 Å². The van der Waals surface area contributed by atoms with Crippen molar-refractivity contribution in [1.29, 1.82) is 0 Å². The van der Waals surface area contributed by atoms with Crippen molar-refractivity contribution in [1.82, 2.24) is 5.32 Å². The summed E-state index contributed by atoms with van der Waals surface area (Å²) < 4.78 is 6.12. The summed E-state index contributed by atoms with van der Waals surface area (Å²) in [7, 11) is 0. The van der Waals surface area contributed by atoms with Gasteiger partial charge < -0.3 is 10.1 Å². The van der Waals surface area contributed by atoms with Crippen LogP contribution in [0.5, 0.6) is 5.75 Å². The SMILES string of the molecule is CC[C@H](Oc1cccc2ccccc12)C(=O)N[C@H]1C[C@@H]2CC[C@@H]1C2. The number of ether oxygens (including phenoxy) is 1. The molecule has 2 aliphatic rings. The predicted octanol–water partition coefficient (Wildman–Crippen LogP) is 4.30. The quantitative estimate of drug-likeness (QED) is 0.891. The summed E-state index contributed by atoms with van der Waals surface area (Å²) in [4.78, 5) is 12.7. The molecule has 2 aliphatic carbocycles. The maximum Gasteiger partial charge on any atom is 0.261 e. The van der Waals surface area contributed by atoms with E-state index in [2.05, 4.69) is 17.4 Å². The Balaban J connectivity index is 1.48. The van der Waals surface area contributed by atoms with E-state index in [0.717, 1.165) is 28.9 Å². The number of hydrogen-bond donors (Lipinski definition) is 1. The van der Waals surface area contributed by atoms with Crippen LogP contribution in [-0.2, 0) is 4.79 Å². The van der Waals surface area contributed by atoms with E-state index in [1.165, 1.54) is 19.3 Å². The number of nitrogens with one attached hydrogen (secondary N) is 1. The van der Waals surface area contributed by atoms with Gasteiger partial charge in [0.2, 0.25) is 0 Å². The number of amides is 1. The monoisotopic (exact) mass is 323 g/mol. The largest absolute Gasteiger partial charge is 0.480 e. The number of rotatable bonds is 5. The molecule has 2 aromatic rings. The lowest BCUT2D eigenvalue weighted by atomic mass is 9.95. The maximum atomic E-state index is 12.7. The van der Waals surface area contributed by atoms with Gasteiger partial charge in [-0.1, -0.05) is 49.7 Å². The van der Waals surface area contributed by atoms with Crippen LogP contribution < -0.4 is 10.1 Å². The molecule has 1 N–H and O–H groups in total. The van der Waals surface area contributed by atoms with Crippen LogP contribution in [0.2, 0.25) is 0 Å². The smallest absolute Gasteiger partial charge is 0.261 e. The molecule has 0 unspecified atom stereocenters. The molecule has 3 nitrogen and oxygen atoms in total. The van der Waals surface area contributed by atoms with Crippen LogP contribution in [0.1, 0.15) is 39.0 Å². The van der Waals surface area contributed by atoms with Gasteiger partial charge in [-0.25, -0.2) is 0 Å². The van der Waals surface area contributed by atoms with Crippen molar-refractivity contribution in [2.24, 2.45) is 11.8 Å². The van der Waals surface area contributed by atoms with Crippen LogP contribution in [-0.4, -0.2) is 18.1 Å². The van der Waals surface area contributed by atoms with E-state index >= 15 is 0 Å². The number of carbonyl (C=O) groups excluding carboxylic acids is 1. The fourth-order valence-electron chi connectivity index (χ4n) is 4.47. The zero-order valence-electron chi connectivity index (χ0n) is 14.2. The summed E-state index contributed by atoms with van der Waals surface area (Å²) in [5, 5.41) is 5.46. The number of fused-ring (bicyclic) bond motifs is 3. The molecule has 0 aliphatic heterocycles. The Morgan fingerprint density at radius 3 is 2.75 bits per heavy atom. The predicted molar refractivity (Wildman–Crippen MR) is 96.0 cm³/mol. The third-order valence-electron chi connectivity index (χ3n) is 5.75. The summed E-state index contributed by atoms with van der Waals surface area (Å²) >= 11 is 0. The first-order valence-corrected chi connectivity index (χ1v) is 9.19. The van der Waals surface area contributed by atoms with Crippen LogP contribution >= 0.6 is 0 Å². The molecule has 4 rings (SSSR count). The molecule has 2 bridgehead atoms. The van der Waals surface area contributed by atoms with Crippen LogP contribution in [0.4, 0.5) is 0 Å². The highest BCUT2D eigenvalue weighted by Crippen LogP contribution is 2.44. The average molecular weight is 323 g/mol.